The van der Waals surface area contributed by atoms with E-state index in [0.717, 1.165) is 43.1 Å². The van der Waals surface area contributed by atoms with Gasteiger partial charge in [0.05, 0.1) is 24.8 Å². The third-order valence-electron chi connectivity index (χ3n) is 5.11. The van der Waals surface area contributed by atoms with Crippen molar-refractivity contribution < 1.29 is 9.53 Å². The maximum absolute atomic E-state index is 12.7. The number of hydrogen-bond donors (Lipinski definition) is 1. The number of tetrazole rings is 1. The van der Waals surface area contributed by atoms with Crippen LogP contribution in [0.15, 0.2) is 42.6 Å². The highest BCUT2D eigenvalue weighted by molar-refractivity contribution is 6.04. The molecule has 0 atom stereocenters. The maximum atomic E-state index is 12.7. The van der Waals surface area contributed by atoms with Crippen molar-refractivity contribution in [3.63, 3.8) is 0 Å². The number of nitrogens with one attached hydrogen (secondary N) is 1. The van der Waals surface area contributed by atoms with Gasteiger partial charge in [-0.2, -0.15) is 0 Å². The van der Waals surface area contributed by atoms with E-state index in [0.29, 0.717) is 30.5 Å². The van der Waals surface area contributed by atoms with Crippen LogP contribution in [0.3, 0.4) is 0 Å². The van der Waals surface area contributed by atoms with Gasteiger partial charge in [0.2, 0.25) is 0 Å². The number of nitrogens with zero attached hydrogens (tertiary/aromatic N) is 6. The summed E-state index contributed by atoms with van der Waals surface area (Å²) in [7, 11) is 0. The van der Waals surface area contributed by atoms with E-state index < -0.39 is 0 Å². The lowest BCUT2D eigenvalue weighted by Crippen LogP contribution is -2.36. The molecule has 1 saturated carbocycles. The standard InChI is InChI=1S/C20H21N7O2/c28-20(15-4-7-18(21-13-15)26-8-10-29-11-9-26)22-16-3-1-2-14(12-16)19-23-24-25-27(19)17-5-6-17/h1-4,7,12-13,17H,5-6,8-11H2,(H,22,28). The molecule has 0 radical (unpaired) electrons. The number of carbonyl (C=O) groups is 1. The Bertz CT molecular complexity index is 1010. The van der Waals surface area contributed by atoms with Gasteiger partial charge in [-0.1, -0.05) is 12.1 Å². The van der Waals surface area contributed by atoms with E-state index in [1.54, 1.807) is 12.3 Å². The summed E-state index contributed by atoms with van der Waals surface area (Å²) >= 11 is 0. The summed E-state index contributed by atoms with van der Waals surface area (Å²) in [6.07, 6.45) is 3.81. The molecular weight excluding hydrogens is 370 g/mol. The normalized spacial score (nSPS) is 16.6. The molecule has 148 valence electrons. The van der Waals surface area contributed by atoms with E-state index in [4.69, 9.17) is 4.74 Å². The Hall–Kier alpha value is -3.33. The summed E-state index contributed by atoms with van der Waals surface area (Å²) in [5, 5.41) is 15.0. The van der Waals surface area contributed by atoms with Gasteiger partial charge in [-0.3, -0.25) is 4.79 Å². The topological polar surface area (TPSA) is 98.1 Å². The molecule has 2 aliphatic rings. The molecule has 1 aliphatic heterocycles. The van der Waals surface area contributed by atoms with E-state index >= 15 is 0 Å². The zero-order chi connectivity index (χ0) is 19.6. The Morgan fingerprint density at radius 3 is 2.76 bits per heavy atom. The van der Waals surface area contributed by atoms with Crippen molar-refractivity contribution in [1.82, 2.24) is 25.2 Å². The molecule has 3 heterocycles. The lowest BCUT2D eigenvalue weighted by molar-refractivity contribution is 0.102. The summed E-state index contributed by atoms with van der Waals surface area (Å²) in [4.78, 5) is 19.2. The Morgan fingerprint density at radius 1 is 1.14 bits per heavy atom. The number of rotatable bonds is 5. The van der Waals surface area contributed by atoms with E-state index in [2.05, 4.69) is 30.7 Å². The smallest absolute Gasteiger partial charge is 0.257 e. The van der Waals surface area contributed by atoms with Crippen LogP contribution in [-0.4, -0.2) is 57.4 Å². The number of ether oxygens (including phenoxy) is 1. The lowest BCUT2D eigenvalue weighted by Gasteiger charge is -2.27. The van der Waals surface area contributed by atoms with E-state index in [-0.39, 0.29) is 5.91 Å². The second kappa shape index (κ2) is 7.59. The largest absolute Gasteiger partial charge is 0.378 e. The van der Waals surface area contributed by atoms with Crippen LogP contribution in [0.5, 0.6) is 0 Å². The molecular formula is C20H21N7O2. The van der Waals surface area contributed by atoms with Crippen molar-refractivity contribution in [3.05, 3.63) is 48.2 Å². The first-order valence-corrected chi connectivity index (χ1v) is 9.76. The minimum absolute atomic E-state index is 0.204. The number of pyridine rings is 1. The second-order valence-electron chi connectivity index (χ2n) is 7.22. The predicted octanol–water partition coefficient (Wildman–Crippen LogP) is 2.16. The Kier molecular flexibility index (Phi) is 4.65. The molecule has 5 rings (SSSR count). The second-order valence-corrected chi connectivity index (χ2v) is 7.22. The van der Waals surface area contributed by atoms with Gasteiger partial charge in [-0.25, -0.2) is 9.67 Å². The van der Waals surface area contributed by atoms with Crippen molar-refractivity contribution in [1.29, 1.82) is 0 Å². The first kappa shape index (κ1) is 17.7. The average Bonchev–Trinajstić information content (AvgIpc) is 3.50. The Morgan fingerprint density at radius 2 is 2.00 bits per heavy atom. The molecule has 9 nitrogen and oxygen atoms in total. The van der Waals surface area contributed by atoms with Crippen LogP contribution >= 0.6 is 0 Å². The van der Waals surface area contributed by atoms with Crippen molar-refractivity contribution in [2.75, 3.05) is 36.5 Å². The van der Waals surface area contributed by atoms with Crippen LogP contribution in [0.2, 0.25) is 0 Å². The predicted molar refractivity (Wildman–Crippen MR) is 107 cm³/mol. The molecule has 1 saturated heterocycles. The van der Waals surface area contributed by atoms with Crippen LogP contribution in [0, 0.1) is 0 Å². The number of carbonyl (C=O) groups excluding carboxylic acids is 1. The summed E-state index contributed by atoms with van der Waals surface area (Å²) in [5.74, 6) is 1.38. The molecule has 1 aliphatic carbocycles. The van der Waals surface area contributed by atoms with Gasteiger partial charge in [0.1, 0.15) is 5.82 Å². The number of anilines is 2. The van der Waals surface area contributed by atoms with Gasteiger partial charge < -0.3 is 15.0 Å². The van der Waals surface area contributed by atoms with E-state index in [9.17, 15) is 4.79 Å². The monoisotopic (exact) mass is 391 g/mol. The summed E-state index contributed by atoms with van der Waals surface area (Å²) in [6.45, 7) is 3.02. The highest BCUT2D eigenvalue weighted by Crippen LogP contribution is 2.36. The van der Waals surface area contributed by atoms with Gasteiger partial charge in [0, 0.05) is 30.5 Å². The van der Waals surface area contributed by atoms with Gasteiger partial charge in [-0.15, -0.1) is 5.10 Å². The molecule has 3 aromatic rings. The quantitative estimate of drug-likeness (QED) is 0.712. The molecule has 1 N–H and O–H groups in total. The van der Waals surface area contributed by atoms with Crippen LogP contribution < -0.4 is 10.2 Å². The molecule has 29 heavy (non-hydrogen) atoms. The number of amides is 1. The highest BCUT2D eigenvalue weighted by Gasteiger charge is 2.28. The maximum Gasteiger partial charge on any atom is 0.257 e. The zero-order valence-electron chi connectivity index (χ0n) is 15.9. The third kappa shape index (κ3) is 3.81. The summed E-state index contributed by atoms with van der Waals surface area (Å²) in [5.41, 5.74) is 2.07. The lowest BCUT2D eigenvalue weighted by atomic mass is 10.1. The van der Waals surface area contributed by atoms with Crippen LogP contribution in [0.1, 0.15) is 29.2 Å². The van der Waals surface area contributed by atoms with Crippen molar-refractivity contribution in [2.24, 2.45) is 0 Å². The zero-order valence-corrected chi connectivity index (χ0v) is 15.9. The summed E-state index contributed by atoms with van der Waals surface area (Å²) < 4.78 is 7.22. The molecule has 2 aromatic heterocycles. The fourth-order valence-electron chi connectivity index (χ4n) is 3.39. The van der Waals surface area contributed by atoms with Crippen molar-refractivity contribution in [3.8, 4) is 11.4 Å². The molecule has 0 bridgehead atoms. The van der Waals surface area contributed by atoms with Gasteiger partial charge in [-0.05, 0) is 47.5 Å². The van der Waals surface area contributed by atoms with Gasteiger partial charge in [0.15, 0.2) is 5.82 Å². The van der Waals surface area contributed by atoms with Crippen LogP contribution in [0.4, 0.5) is 11.5 Å². The molecule has 1 aromatic carbocycles. The Balaban J connectivity index is 1.30. The minimum Gasteiger partial charge on any atom is -0.378 e. The van der Waals surface area contributed by atoms with E-state index in [1.807, 2.05) is 35.0 Å². The first-order valence-electron chi connectivity index (χ1n) is 9.76. The fourth-order valence-corrected chi connectivity index (χ4v) is 3.39. The van der Waals surface area contributed by atoms with Crippen molar-refractivity contribution >= 4 is 17.4 Å². The number of aromatic nitrogens is 5. The summed E-state index contributed by atoms with van der Waals surface area (Å²) in [6, 6.07) is 11.6. The molecule has 9 heteroatoms. The number of benzene rings is 1. The molecule has 1 amide bonds. The molecule has 2 fully saturated rings. The molecule has 0 spiro atoms. The van der Waals surface area contributed by atoms with Crippen molar-refractivity contribution in [2.45, 2.75) is 18.9 Å². The minimum atomic E-state index is -0.204. The highest BCUT2D eigenvalue weighted by atomic mass is 16.5. The van der Waals surface area contributed by atoms with Crippen LogP contribution in [-0.2, 0) is 4.74 Å². The third-order valence-corrected chi connectivity index (χ3v) is 5.11. The molecule has 0 unspecified atom stereocenters. The van der Waals surface area contributed by atoms with Crippen LogP contribution in [0.25, 0.3) is 11.4 Å². The Labute approximate surface area is 167 Å². The van der Waals surface area contributed by atoms with Gasteiger partial charge in [0.25, 0.3) is 5.91 Å². The average molecular weight is 391 g/mol. The first-order chi connectivity index (χ1) is 14.3. The fraction of sp³-hybridized carbons (Fsp3) is 0.350. The SMILES string of the molecule is O=C(Nc1cccc(-c2nnnn2C2CC2)c1)c1ccc(N2CCOCC2)nc1. The van der Waals surface area contributed by atoms with E-state index in [1.165, 1.54) is 0 Å². The number of hydrogen-bond acceptors (Lipinski definition) is 7. The van der Waals surface area contributed by atoms with Gasteiger partial charge >= 0.3 is 0 Å². The number of morpholine rings is 1.